The number of rotatable bonds is 10. The van der Waals surface area contributed by atoms with Crippen LogP contribution in [-0.4, -0.2) is 54.1 Å². The van der Waals surface area contributed by atoms with Crippen molar-refractivity contribution in [3.63, 3.8) is 0 Å². The molecule has 0 saturated carbocycles. The average molecular weight is 397 g/mol. The fourth-order valence-corrected chi connectivity index (χ4v) is 3.87. The highest BCUT2D eigenvalue weighted by molar-refractivity contribution is 8.01. The summed E-state index contributed by atoms with van der Waals surface area (Å²) < 4.78 is 11.7. The number of benzene rings is 1. The van der Waals surface area contributed by atoms with Crippen molar-refractivity contribution < 1.29 is 14.3 Å². The van der Waals surface area contributed by atoms with Gasteiger partial charge in [0, 0.05) is 20.1 Å². The van der Waals surface area contributed by atoms with E-state index in [1.54, 1.807) is 14.2 Å². The quantitative estimate of drug-likeness (QED) is 0.618. The van der Waals surface area contributed by atoms with Gasteiger partial charge in [-0.25, -0.2) is 0 Å². The molecule has 1 N–H and O–H groups in total. The van der Waals surface area contributed by atoms with Gasteiger partial charge in [-0.05, 0) is 31.5 Å². The Morgan fingerprint density at radius 3 is 2.73 bits per heavy atom. The van der Waals surface area contributed by atoms with Crippen molar-refractivity contribution in [2.75, 3.05) is 38.4 Å². The van der Waals surface area contributed by atoms with E-state index in [4.69, 9.17) is 9.47 Å². The number of amides is 1. The molecule has 1 aromatic carbocycles. The minimum absolute atomic E-state index is 0.0616. The summed E-state index contributed by atoms with van der Waals surface area (Å²) in [7, 11) is 3.41. The zero-order chi connectivity index (χ0) is 18.9. The van der Waals surface area contributed by atoms with Gasteiger partial charge in [0.2, 0.25) is 11.0 Å². The lowest BCUT2D eigenvalue weighted by atomic mass is 10.2. The molecule has 1 heterocycles. The molecule has 2 aromatic rings. The summed E-state index contributed by atoms with van der Waals surface area (Å²) in [6.07, 6.45) is 0. The Labute approximate surface area is 162 Å². The maximum absolute atomic E-state index is 12.5. The predicted octanol–water partition coefficient (Wildman–Crippen LogP) is 3.13. The lowest BCUT2D eigenvalue weighted by molar-refractivity contribution is -0.128. The van der Waals surface area contributed by atoms with Crippen molar-refractivity contribution >= 4 is 34.1 Å². The van der Waals surface area contributed by atoms with E-state index in [2.05, 4.69) is 15.5 Å². The van der Waals surface area contributed by atoms with E-state index in [0.29, 0.717) is 36.9 Å². The third-order valence-electron chi connectivity index (χ3n) is 3.58. The van der Waals surface area contributed by atoms with Gasteiger partial charge >= 0.3 is 0 Å². The van der Waals surface area contributed by atoms with Crippen LogP contribution in [0.3, 0.4) is 0 Å². The van der Waals surface area contributed by atoms with Crippen LogP contribution in [-0.2, 0) is 11.3 Å². The molecule has 0 aliphatic carbocycles. The first-order valence-electron chi connectivity index (χ1n) is 8.32. The summed E-state index contributed by atoms with van der Waals surface area (Å²) in [6.45, 7) is 5.63. The molecule has 142 valence electrons. The van der Waals surface area contributed by atoms with Crippen LogP contribution < -0.4 is 14.8 Å². The molecule has 0 radical (unpaired) electrons. The number of nitrogens with one attached hydrogen (secondary N) is 1. The summed E-state index contributed by atoms with van der Waals surface area (Å²) in [6, 6.07) is 5.75. The lowest BCUT2D eigenvalue weighted by Crippen LogP contribution is -2.31. The van der Waals surface area contributed by atoms with E-state index in [1.165, 1.54) is 23.1 Å². The maximum atomic E-state index is 12.5. The zero-order valence-electron chi connectivity index (χ0n) is 15.4. The fourth-order valence-electron chi connectivity index (χ4n) is 2.27. The van der Waals surface area contributed by atoms with Crippen LogP contribution in [0.5, 0.6) is 11.5 Å². The van der Waals surface area contributed by atoms with E-state index < -0.39 is 0 Å². The number of carbonyl (C=O) groups is 1. The second-order valence-corrected chi connectivity index (χ2v) is 7.44. The summed E-state index contributed by atoms with van der Waals surface area (Å²) in [5.41, 5.74) is 0.999. The van der Waals surface area contributed by atoms with Crippen molar-refractivity contribution in [1.82, 2.24) is 15.1 Å². The van der Waals surface area contributed by atoms with Crippen LogP contribution in [0.4, 0.5) is 5.13 Å². The van der Waals surface area contributed by atoms with Crippen molar-refractivity contribution in [1.29, 1.82) is 0 Å². The van der Waals surface area contributed by atoms with Crippen molar-refractivity contribution in [2.24, 2.45) is 0 Å². The first kappa shape index (κ1) is 20.3. The van der Waals surface area contributed by atoms with Gasteiger partial charge in [0.05, 0.1) is 19.5 Å². The normalized spacial score (nSPS) is 10.5. The molecule has 0 fully saturated rings. The minimum Gasteiger partial charge on any atom is -0.493 e. The van der Waals surface area contributed by atoms with E-state index in [-0.39, 0.29) is 5.91 Å². The molecule has 1 aromatic heterocycles. The Balaban J connectivity index is 1.97. The summed E-state index contributed by atoms with van der Waals surface area (Å²) in [5.74, 6) is 1.78. The molecule has 0 aliphatic heterocycles. The standard InChI is InChI=1S/C17H24N4O3S2/c1-5-21(15(22)11-25-17-20-19-16(18-3)26-17)10-12-7-8-13(24-6-2)14(9-12)23-4/h7-9H,5-6,10-11H2,1-4H3,(H,18,19). The Morgan fingerprint density at radius 1 is 1.31 bits per heavy atom. The van der Waals surface area contributed by atoms with Crippen LogP contribution in [0.1, 0.15) is 19.4 Å². The molecule has 1 amide bonds. The third kappa shape index (κ3) is 5.50. The first-order valence-corrected chi connectivity index (χ1v) is 10.1. The van der Waals surface area contributed by atoms with Crippen molar-refractivity contribution in [2.45, 2.75) is 24.7 Å². The SMILES string of the molecule is CCOc1ccc(CN(CC)C(=O)CSc2nnc(NC)s2)cc1OC. The Morgan fingerprint density at radius 2 is 2.12 bits per heavy atom. The Bertz CT molecular complexity index is 724. The minimum atomic E-state index is 0.0616. The van der Waals surface area contributed by atoms with E-state index in [1.807, 2.05) is 36.9 Å². The molecular formula is C17H24N4O3S2. The number of thioether (sulfide) groups is 1. The fraction of sp³-hybridized carbons (Fsp3) is 0.471. The van der Waals surface area contributed by atoms with Crippen LogP contribution in [0.15, 0.2) is 22.5 Å². The maximum Gasteiger partial charge on any atom is 0.233 e. The van der Waals surface area contributed by atoms with E-state index >= 15 is 0 Å². The van der Waals surface area contributed by atoms with Crippen molar-refractivity contribution in [3.05, 3.63) is 23.8 Å². The Kier molecular flexibility index (Phi) is 7.99. The number of hydrogen-bond donors (Lipinski definition) is 1. The molecule has 0 saturated heterocycles. The second-order valence-electron chi connectivity index (χ2n) is 5.24. The van der Waals surface area contributed by atoms with Gasteiger partial charge in [-0.1, -0.05) is 29.2 Å². The second kappa shape index (κ2) is 10.2. The molecular weight excluding hydrogens is 372 g/mol. The number of nitrogens with zero attached hydrogens (tertiary/aromatic N) is 3. The number of aromatic nitrogens is 2. The summed E-state index contributed by atoms with van der Waals surface area (Å²) in [5, 5.41) is 11.7. The zero-order valence-corrected chi connectivity index (χ0v) is 17.1. The molecule has 0 aliphatic rings. The van der Waals surface area contributed by atoms with Crippen molar-refractivity contribution in [3.8, 4) is 11.5 Å². The van der Waals surface area contributed by atoms with E-state index in [0.717, 1.165) is 15.0 Å². The molecule has 26 heavy (non-hydrogen) atoms. The average Bonchev–Trinajstić information content (AvgIpc) is 3.13. The number of hydrogen-bond acceptors (Lipinski definition) is 8. The third-order valence-corrected chi connectivity index (χ3v) is 5.63. The van der Waals surface area contributed by atoms with Gasteiger partial charge in [-0.3, -0.25) is 4.79 Å². The van der Waals surface area contributed by atoms with Crippen LogP contribution in [0, 0.1) is 0 Å². The van der Waals surface area contributed by atoms with Gasteiger partial charge in [-0.15, -0.1) is 10.2 Å². The van der Waals surface area contributed by atoms with Crippen LogP contribution in [0.25, 0.3) is 0 Å². The molecule has 0 spiro atoms. The number of carbonyl (C=O) groups excluding carboxylic acids is 1. The van der Waals surface area contributed by atoms with Crippen LogP contribution in [0.2, 0.25) is 0 Å². The molecule has 9 heteroatoms. The molecule has 7 nitrogen and oxygen atoms in total. The van der Waals surface area contributed by atoms with Gasteiger partial charge in [0.25, 0.3) is 0 Å². The smallest absolute Gasteiger partial charge is 0.233 e. The summed E-state index contributed by atoms with van der Waals surface area (Å²) in [4.78, 5) is 14.3. The van der Waals surface area contributed by atoms with Gasteiger partial charge < -0.3 is 19.7 Å². The van der Waals surface area contributed by atoms with Crippen LogP contribution >= 0.6 is 23.1 Å². The van der Waals surface area contributed by atoms with Gasteiger partial charge in [0.15, 0.2) is 15.8 Å². The molecule has 0 atom stereocenters. The first-order chi connectivity index (χ1) is 12.6. The predicted molar refractivity (Wildman–Crippen MR) is 105 cm³/mol. The molecule has 0 unspecified atom stereocenters. The molecule has 2 rings (SSSR count). The highest BCUT2D eigenvalue weighted by Gasteiger charge is 2.15. The number of methoxy groups -OCH3 is 1. The monoisotopic (exact) mass is 396 g/mol. The number of anilines is 1. The topological polar surface area (TPSA) is 76.6 Å². The Hall–Kier alpha value is -2.00. The van der Waals surface area contributed by atoms with Gasteiger partial charge in [0.1, 0.15) is 0 Å². The lowest BCUT2D eigenvalue weighted by Gasteiger charge is -2.21. The highest BCUT2D eigenvalue weighted by Crippen LogP contribution is 2.29. The molecule has 0 bridgehead atoms. The summed E-state index contributed by atoms with van der Waals surface area (Å²) >= 11 is 2.84. The largest absolute Gasteiger partial charge is 0.493 e. The number of ether oxygens (including phenoxy) is 2. The van der Waals surface area contributed by atoms with E-state index in [9.17, 15) is 4.79 Å². The highest BCUT2D eigenvalue weighted by atomic mass is 32.2. The van der Waals surface area contributed by atoms with Gasteiger partial charge in [-0.2, -0.15) is 0 Å².